The van der Waals surface area contributed by atoms with E-state index in [0.717, 1.165) is 31.1 Å². The number of phenols is 1. The number of carbonyl (C=O) groups excluding carboxylic acids is 5. The van der Waals surface area contributed by atoms with Gasteiger partial charge in [-0.2, -0.15) is 11.8 Å². The third kappa shape index (κ3) is 7.69. The fourth-order valence-electron chi connectivity index (χ4n) is 4.00. The van der Waals surface area contributed by atoms with Gasteiger partial charge in [-0.15, -0.1) is 0 Å². The molecule has 2 saturated heterocycles. The number of aromatic hydroxyl groups is 1. The Balaban J connectivity index is 1.20. The van der Waals surface area contributed by atoms with Crippen LogP contribution in [0, 0.1) is 0 Å². The summed E-state index contributed by atoms with van der Waals surface area (Å²) in [5.74, 6) is -0.807. The van der Waals surface area contributed by atoms with Crippen molar-refractivity contribution in [2.75, 3.05) is 32.1 Å². The number of hydrogen-bond donors (Lipinski definition) is 5. The maximum atomic E-state index is 12.2. The van der Waals surface area contributed by atoms with Gasteiger partial charge in [0.15, 0.2) is 6.29 Å². The molecule has 11 nitrogen and oxygen atoms in total. The van der Waals surface area contributed by atoms with Gasteiger partial charge in [0.2, 0.25) is 11.7 Å². The highest BCUT2D eigenvalue weighted by Gasteiger charge is 2.42. The molecule has 0 radical (unpaired) electrons. The van der Waals surface area contributed by atoms with Crippen molar-refractivity contribution in [3.05, 3.63) is 29.3 Å². The van der Waals surface area contributed by atoms with Crippen LogP contribution in [0.4, 0.5) is 4.79 Å². The van der Waals surface area contributed by atoms with Crippen LogP contribution in [-0.4, -0.2) is 84.4 Å². The van der Waals surface area contributed by atoms with Crippen molar-refractivity contribution in [1.82, 2.24) is 21.3 Å². The van der Waals surface area contributed by atoms with E-state index in [2.05, 4.69) is 21.3 Å². The highest BCUT2D eigenvalue weighted by Crippen LogP contribution is 2.33. The molecule has 35 heavy (non-hydrogen) atoms. The van der Waals surface area contributed by atoms with Gasteiger partial charge in [0.05, 0.1) is 30.9 Å². The van der Waals surface area contributed by atoms with E-state index in [4.69, 9.17) is 4.74 Å². The van der Waals surface area contributed by atoms with Crippen molar-refractivity contribution in [2.45, 2.75) is 43.0 Å². The molecule has 0 bridgehead atoms. The molecule has 4 amide bonds. The number of ketones is 1. The van der Waals surface area contributed by atoms with Gasteiger partial charge in [-0.1, -0.05) is 6.42 Å². The van der Waals surface area contributed by atoms with Crippen LogP contribution in [0.25, 0.3) is 0 Å². The lowest BCUT2D eigenvalue weighted by atomic mass is 10.0. The molecular formula is C23H30N4O7S. The highest BCUT2D eigenvalue weighted by atomic mass is 32.2. The predicted molar refractivity (Wildman–Crippen MR) is 129 cm³/mol. The zero-order valence-electron chi connectivity index (χ0n) is 19.2. The Morgan fingerprint density at radius 1 is 1.14 bits per heavy atom. The molecule has 190 valence electrons. The van der Waals surface area contributed by atoms with Crippen molar-refractivity contribution in [2.24, 2.45) is 0 Å². The van der Waals surface area contributed by atoms with Crippen LogP contribution in [0.3, 0.4) is 0 Å². The Morgan fingerprint density at radius 3 is 2.69 bits per heavy atom. The molecule has 12 heteroatoms. The summed E-state index contributed by atoms with van der Waals surface area (Å²) >= 11 is 1.86. The molecule has 2 aliphatic rings. The van der Waals surface area contributed by atoms with Crippen LogP contribution >= 0.6 is 11.8 Å². The SMILES string of the molecule is O=CC(=O)c1ccc(O)c(C(=O)NCCOCCNC(=O)CCCCC2SCC3NC(=O)NC32)c1. The van der Waals surface area contributed by atoms with Crippen LogP contribution < -0.4 is 21.3 Å². The molecule has 3 unspecified atom stereocenters. The van der Waals surface area contributed by atoms with Crippen LogP contribution in [0.5, 0.6) is 5.75 Å². The van der Waals surface area contributed by atoms with Crippen molar-refractivity contribution < 1.29 is 33.8 Å². The van der Waals surface area contributed by atoms with E-state index < -0.39 is 11.7 Å². The molecule has 5 N–H and O–H groups in total. The van der Waals surface area contributed by atoms with Gasteiger partial charge >= 0.3 is 6.03 Å². The summed E-state index contributed by atoms with van der Waals surface area (Å²) in [6, 6.07) is 3.91. The number of ether oxygens (including phenoxy) is 1. The predicted octanol–water partition coefficient (Wildman–Crippen LogP) is 0.362. The molecule has 3 rings (SSSR count). The van der Waals surface area contributed by atoms with Gasteiger partial charge in [0, 0.05) is 36.1 Å². The number of benzene rings is 1. The number of Topliss-reactive ketones (excluding diaryl/α,β-unsaturated/α-hetero) is 1. The first-order valence-corrected chi connectivity index (χ1v) is 12.6. The molecule has 0 aliphatic carbocycles. The van der Waals surface area contributed by atoms with Gasteiger partial charge in [0.1, 0.15) is 5.75 Å². The molecule has 3 atom stereocenters. The van der Waals surface area contributed by atoms with Crippen LogP contribution in [-0.2, 0) is 14.3 Å². The largest absolute Gasteiger partial charge is 0.507 e. The topological polar surface area (TPSA) is 163 Å². The number of fused-ring (bicyclic) bond motifs is 1. The molecule has 1 aromatic rings. The number of unbranched alkanes of at least 4 members (excludes halogenated alkanes) is 1. The highest BCUT2D eigenvalue weighted by molar-refractivity contribution is 8.00. The quantitative estimate of drug-likeness (QED) is 0.0794. The number of hydrogen-bond acceptors (Lipinski definition) is 8. The van der Waals surface area contributed by atoms with Crippen molar-refractivity contribution in [1.29, 1.82) is 0 Å². The van der Waals surface area contributed by atoms with E-state index in [1.54, 1.807) is 0 Å². The normalized spacial score (nSPS) is 20.5. The zero-order chi connectivity index (χ0) is 25.2. The molecule has 0 spiro atoms. The summed E-state index contributed by atoms with van der Waals surface area (Å²) in [5, 5.41) is 21.4. The Labute approximate surface area is 207 Å². The van der Waals surface area contributed by atoms with Crippen LogP contribution in [0.2, 0.25) is 0 Å². The Hall–Kier alpha value is -3.12. The summed E-state index contributed by atoms with van der Waals surface area (Å²) < 4.78 is 5.39. The maximum Gasteiger partial charge on any atom is 0.315 e. The summed E-state index contributed by atoms with van der Waals surface area (Å²) in [7, 11) is 0. The summed E-state index contributed by atoms with van der Waals surface area (Å²) in [5.41, 5.74) is -0.0958. The summed E-state index contributed by atoms with van der Waals surface area (Å²) in [6.07, 6.45) is 3.23. The third-order valence-corrected chi connectivity index (χ3v) is 7.32. The van der Waals surface area contributed by atoms with Gasteiger partial charge in [-0.05, 0) is 31.0 Å². The number of carbonyl (C=O) groups is 5. The van der Waals surface area contributed by atoms with Gasteiger partial charge in [0.25, 0.3) is 5.91 Å². The fourth-order valence-corrected chi connectivity index (χ4v) is 5.54. The lowest BCUT2D eigenvalue weighted by Gasteiger charge is -2.16. The second-order valence-electron chi connectivity index (χ2n) is 8.30. The lowest BCUT2D eigenvalue weighted by molar-refractivity contribution is -0.121. The first-order valence-electron chi connectivity index (χ1n) is 11.5. The van der Waals surface area contributed by atoms with Crippen molar-refractivity contribution in [3.63, 3.8) is 0 Å². The molecule has 2 heterocycles. The average molecular weight is 507 g/mol. The van der Waals surface area contributed by atoms with E-state index in [-0.39, 0.29) is 66.9 Å². The Kier molecular flexibility index (Phi) is 9.91. The number of nitrogens with one attached hydrogen (secondary N) is 4. The molecule has 0 saturated carbocycles. The molecule has 2 aliphatic heterocycles. The zero-order valence-corrected chi connectivity index (χ0v) is 20.0. The third-order valence-electron chi connectivity index (χ3n) is 5.81. The number of aldehydes is 1. The van der Waals surface area contributed by atoms with Crippen LogP contribution in [0.1, 0.15) is 46.4 Å². The summed E-state index contributed by atoms with van der Waals surface area (Å²) in [6.45, 7) is 0.991. The number of thioether (sulfide) groups is 1. The lowest BCUT2D eigenvalue weighted by Crippen LogP contribution is -2.36. The smallest absolute Gasteiger partial charge is 0.315 e. The second kappa shape index (κ2) is 13.1. The van der Waals surface area contributed by atoms with Crippen molar-refractivity contribution in [3.8, 4) is 5.75 Å². The van der Waals surface area contributed by atoms with E-state index in [0.29, 0.717) is 18.2 Å². The van der Waals surface area contributed by atoms with Gasteiger partial charge in [-0.25, -0.2) is 4.79 Å². The molecule has 1 aromatic carbocycles. The van der Waals surface area contributed by atoms with Crippen LogP contribution in [0.15, 0.2) is 18.2 Å². The minimum atomic E-state index is -0.785. The summed E-state index contributed by atoms with van der Waals surface area (Å²) in [4.78, 5) is 57.6. The van der Waals surface area contributed by atoms with Gasteiger partial charge < -0.3 is 31.1 Å². The van der Waals surface area contributed by atoms with E-state index in [1.807, 2.05) is 11.8 Å². The number of phenolic OH excluding ortho intramolecular Hbond substituents is 1. The molecule has 2 fully saturated rings. The van der Waals surface area contributed by atoms with E-state index in [9.17, 15) is 29.1 Å². The van der Waals surface area contributed by atoms with E-state index in [1.165, 1.54) is 12.1 Å². The molecular weight excluding hydrogens is 476 g/mol. The number of urea groups is 1. The first kappa shape index (κ1) is 26.5. The second-order valence-corrected chi connectivity index (χ2v) is 9.57. The number of rotatable bonds is 14. The Bertz CT molecular complexity index is 958. The maximum absolute atomic E-state index is 12.2. The van der Waals surface area contributed by atoms with Gasteiger partial charge in [-0.3, -0.25) is 19.2 Å². The minimum absolute atomic E-state index is 0.0145. The Morgan fingerprint density at radius 2 is 1.91 bits per heavy atom. The standard InChI is InChI=1S/C23H30N4O7S/c28-12-18(30)14-5-6-17(29)15(11-14)22(32)25-8-10-34-9-7-24-20(31)4-2-1-3-19-21-16(13-35-19)26-23(33)27-21/h5-6,11-12,16,19,21,29H,1-4,7-10,13H2,(H,24,31)(H,25,32)(H2,26,27,33). The average Bonchev–Trinajstić information content (AvgIpc) is 3.40. The number of amides is 4. The minimum Gasteiger partial charge on any atom is -0.507 e. The first-order chi connectivity index (χ1) is 16.9. The molecule has 0 aromatic heterocycles. The monoisotopic (exact) mass is 506 g/mol. The van der Waals surface area contributed by atoms with E-state index >= 15 is 0 Å². The van der Waals surface area contributed by atoms with Crippen molar-refractivity contribution >= 4 is 41.7 Å². The fraction of sp³-hybridized carbons (Fsp3) is 0.522.